The third-order valence-corrected chi connectivity index (χ3v) is 6.77. The second-order valence-corrected chi connectivity index (χ2v) is 7.52. The number of aryl methyl sites for hydroxylation is 1. The Bertz CT molecular complexity index is 650. The number of rotatable bonds is 2. The number of ketones is 1. The first-order valence-electron chi connectivity index (χ1n) is 8.83. The van der Waals surface area contributed by atoms with Gasteiger partial charge in [0.15, 0.2) is 0 Å². The van der Waals surface area contributed by atoms with Crippen LogP contribution in [0.4, 0.5) is 0 Å². The van der Waals surface area contributed by atoms with Crippen LogP contribution in [0.1, 0.15) is 55.6 Å². The van der Waals surface area contributed by atoms with Gasteiger partial charge in [-0.1, -0.05) is 24.3 Å². The van der Waals surface area contributed by atoms with Gasteiger partial charge < -0.3 is 4.74 Å². The van der Waals surface area contributed by atoms with Crippen molar-refractivity contribution in [3.05, 3.63) is 35.4 Å². The molecule has 0 spiro atoms. The number of carbonyl (C=O) groups is 2. The Labute approximate surface area is 137 Å². The first-order valence-corrected chi connectivity index (χ1v) is 8.83. The van der Waals surface area contributed by atoms with Crippen LogP contribution >= 0.6 is 0 Å². The molecule has 23 heavy (non-hydrogen) atoms. The predicted molar refractivity (Wildman–Crippen MR) is 87.0 cm³/mol. The third-order valence-electron chi connectivity index (χ3n) is 6.77. The topological polar surface area (TPSA) is 43.4 Å². The van der Waals surface area contributed by atoms with E-state index in [0.29, 0.717) is 30.0 Å². The number of methoxy groups -OCH3 is 1. The molecule has 0 unspecified atom stereocenters. The molecule has 1 aromatic rings. The van der Waals surface area contributed by atoms with E-state index < -0.39 is 5.41 Å². The number of esters is 1. The molecule has 0 saturated heterocycles. The Morgan fingerprint density at radius 2 is 2.04 bits per heavy atom. The predicted octanol–water partition coefficient (Wildman–Crippen LogP) is 3.66. The molecular formula is C20H24O3. The fourth-order valence-corrected chi connectivity index (χ4v) is 5.76. The molecule has 0 radical (unpaired) electrons. The van der Waals surface area contributed by atoms with Crippen LogP contribution < -0.4 is 0 Å². The molecule has 0 heterocycles. The largest absolute Gasteiger partial charge is 0.469 e. The lowest BCUT2D eigenvalue weighted by Crippen LogP contribution is -2.45. The molecule has 3 heteroatoms. The summed E-state index contributed by atoms with van der Waals surface area (Å²) in [7, 11) is 1.43. The molecule has 0 bridgehead atoms. The van der Waals surface area contributed by atoms with E-state index in [1.165, 1.54) is 18.2 Å². The molecule has 4 rings (SSSR count). The maximum Gasteiger partial charge on any atom is 0.306 e. The number of Topliss-reactive ketones (excluding diaryl/α,β-unsaturated/α-hetero) is 1. The van der Waals surface area contributed by atoms with Crippen molar-refractivity contribution in [3.8, 4) is 0 Å². The summed E-state index contributed by atoms with van der Waals surface area (Å²) in [6.07, 6.45) is 6.03. The van der Waals surface area contributed by atoms with Gasteiger partial charge in [-0.25, -0.2) is 0 Å². The van der Waals surface area contributed by atoms with Gasteiger partial charge in [0.2, 0.25) is 0 Å². The highest BCUT2D eigenvalue weighted by Gasteiger charge is 2.57. The summed E-state index contributed by atoms with van der Waals surface area (Å²) in [6.45, 7) is 0. The van der Waals surface area contributed by atoms with E-state index in [9.17, 15) is 9.59 Å². The Morgan fingerprint density at radius 1 is 1.22 bits per heavy atom. The molecule has 122 valence electrons. The molecule has 0 amide bonds. The van der Waals surface area contributed by atoms with E-state index in [2.05, 4.69) is 24.3 Å². The Kier molecular flexibility index (Phi) is 3.55. The zero-order chi connectivity index (χ0) is 16.0. The molecular weight excluding hydrogens is 288 g/mol. The zero-order valence-electron chi connectivity index (χ0n) is 13.7. The van der Waals surface area contributed by atoms with E-state index in [-0.39, 0.29) is 12.4 Å². The van der Waals surface area contributed by atoms with Gasteiger partial charge in [-0.2, -0.15) is 0 Å². The number of ether oxygens (including phenoxy) is 1. The molecule has 4 atom stereocenters. The highest BCUT2D eigenvalue weighted by Crippen LogP contribution is 2.61. The van der Waals surface area contributed by atoms with Crippen LogP contribution in [0, 0.1) is 17.3 Å². The highest BCUT2D eigenvalue weighted by atomic mass is 16.5. The number of hydrogen-bond donors (Lipinski definition) is 0. The maximum absolute atomic E-state index is 12.7. The molecule has 1 aromatic carbocycles. The van der Waals surface area contributed by atoms with Crippen LogP contribution in [0.2, 0.25) is 0 Å². The number of carbonyl (C=O) groups excluding carboxylic acids is 2. The maximum atomic E-state index is 12.7. The lowest BCUT2D eigenvalue weighted by Gasteiger charge is -2.49. The Morgan fingerprint density at radius 3 is 2.87 bits per heavy atom. The van der Waals surface area contributed by atoms with E-state index in [0.717, 1.165) is 32.1 Å². The number of benzene rings is 1. The normalized spacial score (nSPS) is 35.2. The van der Waals surface area contributed by atoms with Crippen molar-refractivity contribution in [2.45, 2.75) is 50.9 Å². The zero-order valence-corrected chi connectivity index (χ0v) is 13.7. The summed E-state index contributed by atoms with van der Waals surface area (Å²) in [4.78, 5) is 24.6. The fourth-order valence-electron chi connectivity index (χ4n) is 5.76. The molecule has 0 aliphatic heterocycles. The summed E-state index contributed by atoms with van der Waals surface area (Å²) in [5.74, 6) is 1.57. The van der Waals surface area contributed by atoms with Gasteiger partial charge in [-0.15, -0.1) is 0 Å². The van der Waals surface area contributed by atoms with Crippen molar-refractivity contribution in [2.75, 3.05) is 7.11 Å². The van der Waals surface area contributed by atoms with E-state index in [4.69, 9.17) is 4.74 Å². The molecule has 3 aliphatic rings. The minimum Gasteiger partial charge on any atom is -0.469 e. The Balaban J connectivity index is 1.69. The molecule has 0 aromatic heterocycles. The summed E-state index contributed by atoms with van der Waals surface area (Å²) in [6, 6.07) is 8.79. The van der Waals surface area contributed by atoms with Crippen LogP contribution in [-0.4, -0.2) is 18.9 Å². The fraction of sp³-hybridized carbons (Fsp3) is 0.600. The first-order chi connectivity index (χ1) is 11.2. The molecule has 0 N–H and O–H groups in total. The molecule has 2 saturated carbocycles. The average molecular weight is 312 g/mol. The molecule has 3 aliphatic carbocycles. The van der Waals surface area contributed by atoms with Gasteiger partial charge in [0, 0.05) is 11.8 Å². The van der Waals surface area contributed by atoms with E-state index >= 15 is 0 Å². The SMILES string of the molecule is COC(=O)C[C@]12CC[C@@H]3c4ccccc4CC[C@H]3[C@@H]1CCC2=O. The van der Waals surface area contributed by atoms with Crippen molar-refractivity contribution in [1.29, 1.82) is 0 Å². The minimum atomic E-state index is -0.430. The van der Waals surface area contributed by atoms with Gasteiger partial charge in [0.25, 0.3) is 0 Å². The van der Waals surface area contributed by atoms with Gasteiger partial charge in [0.05, 0.1) is 13.5 Å². The second kappa shape index (κ2) is 5.47. The summed E-state index contributed by atoms with van der Waals surface area (Å²) in [5.41, 5.74) is 2.55. The van der Waals surface area contributed by atoms with E-state index in [1.807, 2.05) is 0 Å². The van der Waals surface area contributed by atoms with Crippen LogP contribution in [0.15, 0.2) is 24.3 Å². The van der Waals surface area contributed by atoms with Gasteiger partial charge in [-0.3, -0.25) is 9.59 Å². The quantitative estimate of drug-likeness (QED) is 0.783. The first kappa shape index (κ1) is 14.9. The van der Waals surface area contributed by atoms with Crippen molar-refractivity contribution >= 4 is 11.8 Å². The van der Waals surface area contributed by atoms with Crippen LogP contribution in [0.5, 0.6) is 0 Å². The van der Waals surface area contributed by atoms with Crippen molar-refractivity contribution < 1.29 is 14.3 Å². The minimum absolute atomic E-state index is 0.222. The molecule has 2 fully saturated rings. The van der Waals surface area contributed by atoms with Crippen molar-refractivity contribution in [1.82, 2.24) is 0 Å². The lowest BCUT2D eigenvalue weighted by molar-refractivity contribution is -0.150. The highest BCUT2D eigenvalue weighted by molar-refractivity contribution is 5.91. The smallest absolute Gasteiger partial charge is 0.306 e. The second-order valence-electron chi connectivity index (χ2n) is 7.52. The van der Waals surface area contributed by atoms with Crippen LogP contribution in [0.25, 0.3) is 0 Å². The van der Waals surface area contributed by atoms with Gasteiger partial charge >= 0.3 is 5.97 Å². The summed E-state index contributed by atoms with van der Waals surface area (Å²) in [5, 5.41) is 0. The lowest BCUT2D eigenvalue weighted by atomic mass is 9.54. The molecule has 3 nitrogen and oxygen atoms in total. The number of fused-ring (bicyclic) bond motifs is 5. The van der Waals surface area contributed by atoms with Crippen molar-refractivity contribution in [3.63, 3.8) is 0 Å². The summed E-state index contributed by atoms with van der Waals surface area (Å²) < 4.78 is 4.91. The third kappa shape index (κ3) is 2.16. The van der Waals surface area contributed by atoms with Gasteiger partial charge in [0.1, 0.15) is 5.78 Å². The van der Waals surface area contributed by atoms with Crippen LogP contribution in [0.3, 0.4) is 0 Å². The Hall–Kier alpha value is -1.64. The van der Waals surface area contributed by atoms with Crippen molar-refractivity contribution in [2.24, 2.45) is 17.3 Å². The van der Waals surface area contributed by atoms with Gasteiger partial charge in [-0.05, 0) is 61.0 Å². The van der Waals surface area contributed by atoms with E-state index in [1.54, 1.807) is 0 Å². The summed E-state index contributed by atoms with van der Waals surface area (Å²) >= 11 is 0. The monoisotopic (exact) mass is 312 g/mol. The standard InChI is InChI=1S/C20H24O3/c1-23-19(22)12-20-11-10-15-14-5-3-2-4-13(14)6-7-16(15)17(20)8-9-18(20)21/h2-5,15-17H,6-12H2,1H3/t15-,16-,17+,20-/m1/s1. The van der Waals surface area contributed by atoms with Crippen LogP contribution in [-0.2, 0) is 20.7 Å². The average Bonchev–Trinajstić information content (AvgIpc) is 2.91. The number of hydrogen-bond acceptors (Lipinski definition) is 3.